The summed E-state index contributed by atoms with van der Waals surface area (Å²) in [5, 5.41) is 0. The van der Waals surface area contributed by atoms with Gasteiger partial charge < -0.3 is 0 Å². The largest absolute Gasteiger partial charge is 0.0654 e. The predicted molar refractivity (Wildman–Crippen MR) is 115 cm³/mol. The van der Waals surface area contributed by atoms with E-state index in [2.05, 4.69) is 13.8 Å². The molecule has 3 aromatic carbocycles. The second kappa shape index (κ2) is 24.7. The standard InChI is InChI=1S/3C6H6.C6H14.Sn/c3*1-2-4-6-5-3-1;1-3-5-6-4-2;/h3*1-6H;3-6H2,1-2H3;. The van der Waals surface area contributed by atoms with Crippen molar-refractivity contribution in [3.8, 4) is 0 Å². The van der Waals surface area contributed by atoms with E-state index in [0.29, 0.717) is 0 Å². The molecule has 0 nitrogen and oxygen atoms in total. The van der Waals surface area contributed by atoms with Gasteiger partial charge in [0.25, 0.3) is 0 Å². The predicted octanol–water partition coefficient (Wildman–Crippen LogP) is 7.27. The van der Waals surface area contributed by atoms with Gasteiger partial charge in [-0.25, -0.2) is 0 Å². The van der Waals surface area contributed by atoms with Crippen LogP contribution in [0, 0.1) is 0 Å². The Bertz CT molecular complexity index is 349. The number of hydrogen-bond donors (Lipinski definition) is 0. The van der Waals surface area contributed by atoms with Gasteiger partial charge in [0.15, 0.2) is 0 Å². The summed E-state index contributed by atoms with van der Waals surface area (Å²) < 4.78 is 0. The number of unbranched alkanes of at least 4 members (excludes halogenated alkanes) is 3. The Balaban J connectivity index is 0. The second-order valence-corrected chi connectivity index (χ2v) is 5.17. The summed E-state index contributed by atoms with van der Waals surface area (Å²) in [4.78, 5) is 0. The Kier molecular flexibility index (Phi) is 25.4. The summed E-state index contributed by atoms with van der Waals surface area (Å²) in [5.74, 6) is 0. The molecule has 0 heterocycles. The first-order chi connectivity index (χ1) is 11.9. The maximum Gasteiger partial charge on any atom is 0 e. The van der Waals surface area contributed by atoms with Gasteiger partial charge in [-0.05, 0) is 0 Å². The molecule has 0 aliphatic carbocycles. The van der Waals surface area contributed by atoms with E-state index in [0.717, 1.165) is 0 Å². The van der Waals surface area contributed by atoms with Gasteiger partial charge in [-0.15, -0.1) is 0 Å². The monoisotopic (exact) mass is 440 g/mol. The van der Waals surface area contributed by atoms with Crippen LogP contribution in [0.15, 0.2) is 109 Å². The number of rotatable bonds is 3. The molecule has 0 bridgehead atoms. The molecular weight excluding hydrogens is 407 g/mol. The minimum Gasteiger partial charge on any atom is -0.0654 e. The molecule has 3 rings (SSSR count). The zero-order chi connectivity index (χ0) is 17.6. The molecule has 0 atom stereocenters. The SMILES string of the molecule is CCCCCC.[Sn].c1ccccc1.c1ccccc1.c1ccccc1. The molecular formula is C24H32Sn. The van der Waals surface area contributed by atoms with Gasteiger partial charge >= 0.3 is 0 Å². The van der Waals surface area contributed by atoms with Crippen LogP contribution in [0.1, 0.15) is 39.5 Å². The van der Waals surface area contributed by atoms with Gasteiger partial charge in [0, 0.05) is 23.9 Å². The Morgan fingerprint density at radius 1 is 0.320 bits per heavy atom. The van der Waals surface area contributed by atoms with Crippen LogP contribution in [0.25, 0.3) is 0 Å². The molecule has 0 aromatic heterocycles. The minimum absolute atomic E-state index is 0. The van der Waals surface area contributed by atoms with E-state index in [1.165, 1.54) is 25.7 Å². The zero-order valence-corrected chi connectivity index (χ0v) is 18.6. The molecule has 4 radical (unpaired) electrons. The van der Waals surface area contributed by atoms with Crippen LogP contribution in [-0.2, 0) is 0 Å². The summed E-state index contributed by atoms with van der Waals surface area (Å²) in [5.41, 5.74) is 0. The van der Waals surface area contributed by atoms with E-state index in [4.69, 9.17) is 0 Å². The fraction of sp³-hybridized carbons (Fsp3) is 0.250. The Morgan fingerprint density at radius 3 is 0.520 bits per heavy atom. The van der Waals surface area contributed by atoms with Gasteiger partial charge in [-0.3, -0.25) is 0 Å². The van der Waals surface area contributed by atoms with Crippen molar-refractivity contribution < 1.29 is 0 Å². The molecule has 0 unspecified atom stereocenters. The van der Waals surface area contributed by atoms with E-state index < -0.39 is 0 Å². The molecule has 0 fully saturated rings. The van der Waals surface area contributed by atoms with Crippen LogP contribution in [0.3, 0.4) is 0 Å². The fourth-order valence-electron chi connectivity index (χ4n) is 1.65. The van der Waals surface area contributed by atoms with Gasteiger partial charge in [-0.2, -0.15) is 0 Å². The molecule has 0 aliphatic rings. The summed E-state index contributed by atoms with van der Waals surface area (Å²) in [6.45, 7) is 4.46. The van der Waals surface area contributed by atoms with Crippen molar-refractivity contribution in [3.05, 3.63) is 109 Å². The van der Waals surface area contributed by atoms with E-state index in [1.807, 2.05) is 109 Å². The van der Waals surface area contributed by atoms with Crippen molar-refractivity contribution in [2.75, 3.05) is 0 Å². The smallest absolute Gasteiger partial charge is 0 e. The zero-order valence-electron chi connectivity index (χ0n) is 15.7. The maximum absolute atomic E-state index is 2.23. The number of benzene rings is 3. The molecule has 0 aliphatic heterocycles. The minimum atomic E-state index is 0. The molecule has 132 valence electrons. The topological polar surface area (TPSA) is 0 Å². The molecule has 3 aromatic rings. The summed E-state index contributed by atoms with van der Waals surface area (Å²) in [7, 11) is 0. The van der Waals surface area contributed by atoms with E-state index in [-0.39, 0.29) is 23.9 Å². The Labute approximate surface area is 172 Å². The summed E-state index contributed by atoms with van der Waals surface area (Å²) in [6, 6.07) is 36.0. The van der Waals surface area contributed by atoms with Gasteiger partial charge in [-0.1, -0.05) is 149 Å². The Morgan fingerprint density at radius 2 is 0.440 bits per heavy atom. The third-order valence-corrected chi connectivity index (χ3v) is 2.96. The third kappa shape index (κ3) is 24.8. The van der Waals surface area contributed by atoms with E-state index >= 15 is 0 Å². The maximum atomic E-state index is 2.23. The molecule has 0 amide bonds. The van der Waals surface area contributed by atoms with Crippen LogP contribution >= 0.6 is 0 Å². The van der Waals surface area contributed by atoms with Crippen molar-refractivity contribution in [2.24, 2.45) is 0 Å². The summed E-state index contributed by atoms with van der Waals surface area (Å²) >= 11 is 0. The molecule has 0 saturated carbocycles. The first kappa shape index (κ1) is 25.7. The normalized spacial score (nSPS) is 7.92. The first-order valence-electron chi connectivity index (χ1n) is 8.91. The van der Waals surface area contributed by atoms with Crippen LogP contribution in [-0.4, -0.2) is 23.9 Å². The second-order valence-electron chi connectivity index (χ2n) is 5.17. The molecule has 0 saturated heterocycles. The van der Waals surface area contributed by atoms with E-state index in [9.17, 15) is 0 Å². The molecule has 25 heavy (non-hydrogen) atoms. The average Bonchev–Trinajstić information content (AvgIpc) is 2.72. The van der Waals surface area contributed by atoms with Crippen LogP contribution in [0.2, 0.25) is 0 Å². The average molecular weight is 439 g/mol. The Hall–Kier alpha value is -1.54. The first-order valence-corrected chi connectivity index (χ1v) is 8.91. The number of hydrogen-bond acceptors (Lipinski definition) is 0. The molecule has 1 heteroatoms. The van der Waals surface area contributed by atoms with Crippen molar-refractivity contribution in [1.29, 1.82) is 0 Å². The van der Waals surface area contributed by atoms with Crippen molar-refractivity contribution in [2.45, 2.75) is 39.5 Å². The van der Waals surface area contributed by atoms with Crippen molar-refractivity contribution in [1.82, 2.24) is 0 Å². The van der Waals surface area contributed by atoms with Crippen LogP contribution in [0.5, 0.6) is 0 Å². The fourth-order valence-corrected chi connectivity index (χ4v) is 1.65. The van der Waals surface area contributed by atoms with E-state index in [1.54, 1.807) is 0 Å². The van der Waals surface area contributed by atoms with Gasteiger partial charge in [0.1, 0.15) is 0 Å². The quantitative estimate of drug-likeness (QED) is 0.298. The molecule has 0 spiro atoms. The van der Waals surface area contributed by atoms with Gasteiger partial charge in [0.2, 0.25) is 0 Å². The van der Waals surface area contributed by atoms with Crippen molar-refractivity contribution >= 4 is 23.9 Å². The van der Waals surface area contributed by atoms with Crippen LogP contribution < -0.4 is 0 Å². The third-order valence-electron chi connectivity index (χ3n) is 2.96. The summed E-state index contributed by atoms with van der Waals surface area (Å²) in [6.07, 6.45) is 5.54. The molecule has 0 N–H and O–H groups in total. The van der Waals surface area contributed by atoms with Crippen molar-refractivity contribution in [3.63, 3.8) is 0 Å². The van der Waals surface area contributed by atoms with Crippen LogP contribution in [0.4, 0.5) is 0 Å². The van der Waals surface area contributed by atoms with Gasteiger partial charge in [0.05, 0.1) is 0 Å².